The number of hydrogen-bond donors (Lipinski definition) is 1. The van der Waals surface area contributed by atoms with Crippen LogP contribution in [0.1, 0.15) is 28.5 Å². The van der Waals surface area contributed by atoms with Gasteiger partial charge in [0.1, 0.15) is 6.54 Å². The van der Waals surface area contributed by atoms with Crippen LogP contribution in [0.25, 0.3) is 10.9 Å². The summed E-state index contributed by atoms with van der Waals surface area (Å²) < 4.78 is 1.89. The van der Waals surface area contributed by atoms with Crippen LogP contribution in [0.3, 0.4) is 0 Å². The standard InChI is InChI=1S/C20H20N2O2/c1-3-15-8-4-6-10-18(15)21-20(24)12-22-14(2)17(13-23)16-9-5-7-11-19(16)22/h4-11,13H,3,12H2,1-2H3,(H,21,24). The average molecular weight is 320 g/mol. The number of rotatable bonds is 5. The zero-order valence-electron chi connectivity index (χ0n) is 13.9. The summed E-state index contributed by atoms with van der Waals surface area (Å²) in [5.74, 6) is -0.0998. The molecule has 24 heavy (non-hydrogen) atoms. The minimum atomic E-state index is -0.0998. The summed E-state index contributed by atoms with van der Waals surface area (Å²) >= 11 is 0. The van der Waals surface area contributed by atoms with Crippen LogP contribution < -0.4 is 5.32 Å². The molecule has 0 atom stereocenters. The van der Waals surface area contributed by atoms with E-state index in [2.05, 4.69) is 12.2 Å². The summed E-state index contributed by atoms with van der Waals surface area (Å²) in [6.07, 6.45) is 1.72. The number of fused-ring (bicyclic) bond motifs is 1. The van der Waals surface area contributed by atoms with E-state index in [4.69, 9.17) is 0 Å². The van der Waals surface area contributed by atoms with Crippen LogP contribution in [0.4, 0.5) is 5.69 Å². The van der Waals surface area contributed by atoms with Gasteiger partial charge in [-0.05, 0) is 31.0 Å². The van der Waals surface area contributed by atoms with E-state index in [9.17, 15) is 9.59 Å². The van der Waals surface area contributed by atoms with E-state index in [1.807, 2.05) is 60.0 Å². The maximum atomic E-state index is 12.5. The van der Waals surface area contributed by atoms with Gasteiger partial charge in [-0.2, -0.15) is 0 Å². The van der Waals surface area contributed by atoms with Crippen molar-refractivity contribution in [3.63, 3.8) is 0 Å². The molecule has 4 heteroatoms. The maximum Gasteiger partial charge on any atom is 0.244 e. The van der Waals surface area contributed by atoms with Gasteiger partial charge >= 0.3 is 0 Å². The Labute approximate surface area is 141 Å². The average Bonchev–Trinajstić information content (AvgIpc) is 2.87. The minimum Gasteiger partial charge on any atom is -0.335 e. The molecule has 4 nitrogen and oxygen atoms in total. The lowest BCUT2D eigenvalue weighted by molar-refractivity contribution is -0.116. The lowest BCUT2D eigenvalue weighted by atomic mass is 10.1. The molecule has 0 spiro atoms. The number of para-hydroxylation sites is 2. The number of carbonyl (C=O) groups excluding carboxylic acids is 2. The van der Waals surface area contributed by atoms with Gasteiger partial charge < -0.3 is 9.88 Å². The number of anilines is 1. The Bertz CT molecular complexity index is 909. The van der Waals surface area contributed by atoms with Gasteiger partial charge in [-0.3, -0.25) is 9.59 Å². The van der Waals surface area contributed by atoms with Crippen molar-refractivity contribution in [3.05, 3.63) is 65.4 Å². The highest BCUT2D eigenvalue weighted by Gasteiger charge is 2.15. The SMILES string of the molecule is CCc1ccccc1NC(=O)Cn1c(C)c(C=O)c2ccccc21. The van der Waals surface area contributed by atoms with Crippen molar-refractivity contribution in [1.29, 1.82) is 0 Å². The van der Waals surface area contributed by atoms with Crippen molar-refractivity contribution in [2.24, 2.45) is 0 Å². The molecule has 0 unspecified atom stereocenters. The van der Waals surface area contributed by atoms with Gasteiger partial charge in [0.15, 0.2) is 6.29 Å². The third-order valence-corrected chi connectivity index (χ3v) is 4.37. The van der Waals surface area contributed by atoms with Gasteiger partial charge in [0, 0.05) is 27.8 Å². The molecule has 0 saturated heterocycles. The number of hydrogen-bond acceptors (Lipinski definition) is 2. The van der Waals surface area contributed by atoms with Crippen molar-refractivity contribution in [2.45, 2.75) is 26.8 Å². The van der Waals surface area contributed by atoms with Gasteiger partial charge in [-0.1, -0.05) is 43.3 Å². The number of benzene rings is 2. The molecule has 0 saturated carbocycles. The van der Waals surface area contributed by atoms with E-state index in [0.717, 1.165) is 40.6 Å². The second-order valence-electron chi connectivity index (χ2n) is 5.78. The molecular formula is C20H20N2O2. The van der Waals surface area contributed by atoms with E-state index in [0.29, 0.717) is 5.56 Å². The molecule has 1 heterocycles. The fraction of sp³-hybridized carbons (Fsp3) is 0.200. The summed E-state index contributed by atoms with van der Waals surface area (Å²) in [7, 11) is 0. The molecule has 3 rings (SSSR count). The summed E-state index contributed by atoms with van der Waals surface area (Å²) in [6.45, 7) is 4.11. The molecule has 0 aliphatic rings. The molecule has 0 radical (unpaired) electrons. The summed E-state index contributed by atoms with van der Waals surface area (Å²) in [6, 6.07) is 15.5. The van der Waals surface area contributed by atoms with E-state index in [1.165, 1.54) is 0 Å². The highest BCUT2D eigenvalue weighted by atomic mass is 16.2. The molecule has 1 N–H and O–H groups in total. The van der Waals surface area contributed by atoms with Crippen molar-refractivity contribution < 1.29 is 9.59 Å². The second-order valence-corrected chi connectivity index (χ2v) is 5.78. The molecular weight excluding hydrogens is 300 g/mol. The Hall–Kier alpha value is -2.88. The van der Waals surface area contributed by atoms with Crippen LogP contribution >= 0.6 is 0 Å². The lowest BCUT2D eigenvalue weighted by Gasteiger charge is -2.12. The van der Waals surface area contributed by atoms with Crippen LogP contribution in [0.2, 0.25) is 0 Å². The molecule has 0 bridgehead atoms. The Kier molecular flexibility index (Phi) is 4.47. The van der Waals surface area contributed by atoms with Crippen LogP contribution in [0.5, 0.6) is 0 Å². The quantitative estimate of drug-likeness (QED) is 0.723. The fourth-order valence-corrected chi connectivity index (χ4v) is 3.09. The molecule has 0 aliphatic heterocycles. The van der Waals surface area contributed by atoms with Gasteiger partial charge in [0.2, 0.25) is 5.91 Å². The smallest absolute Gasteiger partial charge is 0.244 e. The number of nitrogens with one attached hydrogen (secondary N) is 1. The number of aldehydes is 1. The molecule has 2 aromatic carbocycles. The Balaban J connectivity index is 1.91. The van der Waals surface area contributed by atoms with Crippen molar-refractivity contribution >= 4 is 28.8 Å². The van der Waals surface area contributed by atoms with Crippen molar-refractivity contribution in [3.8, 4) is 0 Å². The van der Waals surface area contributed by atoms with Crippen LogP contribution in [0, 0.1) is 6.92 Å². The first-order chi connectivity index (χ1) is 11.7. The first-order valence-electron chi connectivity index (χ1n) is 8.06. The molecule has 1 aromatic heterocycles. The zero-order chi connectivity index (χ0) is 17.1. The highest BCUT2D eigenvalue weighted by molar-refractivity contribution is 6.00. The van der Waals surface area contributed by atoms with Gasteiger partial charge in [0.05, 0.1) is 0 Å². The Morgan fingerprint density at radius 3 is 2.58 bits per heavy atom. The summed E-state index contributed by atoms with van der Waals surface area (Å²) in [5.41, 5.74) is 4.30. The van der Waals surface area contributed by atoms with Gasteiger partial charge in [-0.15, -0.1) is 0 Å². The second kappa shape index (κ2) is 6.71. The molecule has 0 fully saturated rings. The number of amides is 1. The third-order valence-electron chi connectivity index (χ3n) is 4.37. The van der Waals surface area contributed by atoms with E-state index in [-0.39, 0.29) is 12.5 Å². The largest absolute Gasteiger partial charge is 0.335 e. The number of aromatic nitrogens is 1. The monoisotopic (exact) mass is 320 g/mol. The van der Waals surface area contributed by atoms with Crippen LogP contribution in [-0.2, 0) is 17.8 Å². The molecule has 122 valence electrons. The fourth-order valence-electron chi connectivity index (χ4n) is 3.09. The van der Waals surface area contributed by atoms with Crippen LogP contribution in [-0.4, -0.2) is 16.8 Å². The highest BCUT2D eigenvalue weighted by Crippen LogP contribution is 2.24. The number of nitrogens with zero attached hydrogens (tertiary/aromatic N) is 1. The van der Waals surface area contributed by atoms with E-state index < -0.39 is 0 Å². The summed E-state index contributed by atoms with van der Waals surface area (Å²) in [4.78, 5) is 23.9. The topological polar surface area (TPSA) is 51.1 Å². The minimum absolute atomic E-state index is 0.0998. The van der Waals surface area contributed by atoms with Gasteiger partial charge in [-0.25, -0.2) is 0 Å². The lowest BCUT2D eigenvalue weighted by Crippen LogP contribution is -2.20. The molecule has 3 aromatic rings. The van der Waals surface area contributed by atoms with E-state index >= 15 is 0 Å². The van der Waals surface area contributed by atoms with Gasteiger partial charge in [0.25, 0.3) is 0 Å². The molecule has 0 aliphatic carbocycles. The Morgan fingerprint density at radius 2 is 1.83 bits per heavy atom. The van der Waals surface area contributed by atoms with Crippen molar-refractivity contribution in [2.75, 3.05) is 5.32 Å². The zero-order valence-corrected chi connectivity index (χ0v) is 13.9. The number of carbonyl (C=O) groups is 2. The first-order valence-corrected chi connectivity index (χ1v) is 8.06. The summed E-state index contributed by atoms with van der Waals surface area (Å²) in [5, 5.41) is 3.86. The molecule has 1 amide bonds. The van der Waals surface area contributed by atoms with E-state index in [1.54, 1.807) is 0 Å². The van der Waals surface area contributed by atoms with Crippen LogP contribution in [0.15, 0.2) is 48.5 Å². The Morgan fingerprint density at radius 1 is 1.12 bits per heavy atom. The maximum absolute atomic E-state index is 12.5. The first kappa shape index (κ1) is 16.0. The number of aryl methyl sites for hydroxylation is 1. The normalized spacial score (nSPS) is 10.8. The van der Waals surface area contributed by atoms with Crippen molar-refractivity contribution in [1.82, 2.24) is 4.57 Å². The predicted molar refractivity (Wildman–Crippen MR) is 96.5 cm³/mol. The third kappa shape index (κ3) is 2.83. The predicted octanol–water partition coefficient (Wildman–Crippen LogP) is 3.96.